The molecule has 0 aliphatic rings. The van der Waals surface area contributed by atoms with Crippen LogP contribution in [0, 0.1) is 6.92 Å². The van der Waals surface area contributed by atoms with Crippen molar-refractivity contribution in [3.05, 3.63) is 59.7 Å². The SMILES string of the molecule is CNC(Cc1ccccn1)c1cccc(C)n1. The van der Waals surface area contributed by atoms with E-state index in [1.807, 2.05) is 50.5 Å². The minimum absolute atomic E-state index is 0.213. The number of pyridine rings is 2. The Kier molecular flexibility index (Phi) is 3.83. The molecule has 0 bridgehead atoms. The summed E-state index contributed by atoms with van der Waals surface area (Å²) in [5.74, 6) is 0. The maximum absolute atomic E-state index is 4.55. The highest BCUT2D eigenvalue weighted by atomic mass is 14.9. The molecular weight excluding hydrogens is 210 g/mol. The van der Waals surface area contributed by atoms with Gasteiger partial charge in [0.2, 0.25) is 0 Å². The van der Waals surface area contributed by atoms with Crippen LogP contribution in [0.1, 0.15) is 23.1 Å². The Morgan fingerprint density at radius 1 is 1.18 bits per heavy atom. The molecule has 1 N–H and O–H groups in total. The fourth-order valence-corrected chi connectivity index (χ4v) is 1.84. The second kappa shape index (κ2) is 5.55. The van der Waals surface area contributed by atoms with Crippen molar-refractivity contribution in [2.45, 2.75) is 19.4 Å². The molecular formula is C14H17N3. The number of nitrogens with zero attached hydrogens (tertiary/aromatic N) is 2. The molecule has 17 heavy (non-hydrogen) atoms. The lowest BCUT2D eigenvalue weighted by Gasteiger charge is -2.15. The zero-order valence-corrected chi connectivity index (χ0v) is 10.2. The quantitative estimate of drug-likeness (QED) is 0.870. The molecule has 2 aromatic heterocycles. The summed E-state index contributed by atoms with van der Waals surface area (Å²) in [4.78, 5) is 8.90. The summed E-state index contributed by atoms with van der Waals surface area (Å²) >= 11 is 0. The van der Waals surface area contributed by atoms with Crippen LogP contribution in [0.15, 0.2) is 42.6 Å². The van der Waals surface area contributed by atoms with Gasteiger partial charge < -0.3 is 5.32 Å². The first-order valence-electron chi connectivity index (χ1n) is 5.80. The average Bonchev–Trinajstić information content (AvgIpc) is 2.37. The van der Waals surface area contributed by atoms with E-state index in [1.54, 1.807) is 0 Å². The summed E-state index contributed by atoms with van der Waals surface area (Å²) in [7, 11) is 1.96. The van der Waals surface area contributed by atoms with Gasteiger partial charge in [-0.05, 0) is 38.2 Å². The molecule has 1 atom stereocenters. The first kappa shape index (κ1) is 11.7. The molecule has 2 rings (SSSR count). The topological polar surface area (TPSA) is 37.8 Å². The summed E-state index contributed by atoms with van der Waals surface area (Å²) in [5, 5.41) is 3.29. The first-order chi connectivity index (χ1) is 8.29. The summed E-state index contributed by atoms with van der Waals surface area (Å²) in [6.07, 6.45) is 2.68. The number of hydrogen-bond acceptors (Lipinski definition) is 3. The van der Waals surface area contributed by atoms with Crippen molar-refractivity contribution < 1.29 is 0 Å². The standard InChI is InChI=1S/C14H17N3/c1-11-6-5-8-13(17-11)14(15-2)10-12-7-3-4-9-16-12/h3-9,14-15H,10H2,1-2H3. The third kappa shape index (κ3) is 3.11. The second-order valence-corrected chi connectivity index (χ2v) is 4.07. The van der Waals surface area contributed by atoms with E-state index in [0.717, 1.165) is 23.5 Å². The molecule has 88 valence electrons. The molecule has 0 aliphatic carbocycles. The van der Waals surface area contributed by atoms with Crippen LogP contribution < -0.4 is 5.32 Å². The van der Waals surface area contributed by atoms with Gasteiger partial charge in [-0.2, -0.15) is 0 Å². The van der Waals surface area contributed by atoms with Gasteiger partial charge in [0, 0.05) is 24.0 Å². The lowest BCUT2D eigenvalue weighted by Crippen LogP contribution is -2.20. The molecule has 2 aromatic rings. The number of rotatable bonds is 4. The van der Waals surface area contributed by atoms with Gasteiger partial charge in [-0.25, -0.2) is 0 Å². The molecule has 0 radical (unpaired) electrons. The van der Waals surface area contributed by atoms with Crippen molar-refractivity contribution >= 4 is 0 Å². The number of likely N-dealkylation sites (N-methyl/N-ethyl adjacent to an activating group) is 1. The number of nitrogens with one attached hydrogen (secondary N) is 1. The van der Waals surface area contributed by atoms with Gasteiger partial charge in [-0.3, -0.25) is 9.97 Å². The molecule has 0 aromatic carbocycles. The highest BCUT2D eigenvalue weighted by Gasteiger charge is 2.11. The van der Waals surface area contributed by atoms with E-state index in [1.165, 1.54) is 0 Å². The van der Waals surface area contributed by atoms with Crippen molar-refractivity contribution in [1.29, 1.82) is 0 Å². The van der Waals surface area contributed by atoms with Crippen molar-refractivity contribution in [2.75, 3.05) is 7.05 Å². The van der Waals surface area contributed by atoms with Crippen LogP contribution in [0.3, 0.4) is 0 Å². The Morgan fingerprint density at radius 2 is 2.06 bits per heavy atom. The second-order valence-electron chi connectivity index (χ2n) is 4.07. The fraction of sp³-hybridized carbons (Fsp3) is 0.286. The molecule has 3 nitrogen and oxygen atoms in total. The molecule has 0 spiro atoms. The highest BCUT2D eigenvalue weighted by molar-refractivity contribution is 5.16. The minimum atomic E-state index is 0.213. The number of aromatic nitrogens is 2. The van der Waals surface area contributed by atoms with Crippen molar-refractivity contribution in [2.24, 2.45) is 0 Å². The van der Waals surface area contributed by atoms with Gasteiger partial charge in [-0.15, -0.1) is 0 Å². The first-order valence-corrected chi connectivity index (χ1v) is 5.80. The molecule has 0 fully saturated rings. The predicted molar refractivity (Wildman–Crippen MR) is 68.7 cm³/mol. The third-order valence-corrected chi connectivity index (χ3v) is 2.75. The zero-order valence-electron chi connectivity index (χ0n) is 10.2. The van der Waals surface area contributed by atoms with Gasteiger partial charge in [0.05, 0.1) is 11.7 Å². The van der Waals surface area contributed by atoms with Crippen LogP contribution >= 0.6 is 0 Å². The Morgan fingerprint density at radius 3 is 2.71 bits per heavy atom. The highest BCUT2D eigenvalue weighted by Crippen LogP contribution is 2.15. The van der Waals surface area contributed by atoms with Crippen LogP contribution in [-0.2, 0) is 6.42 Å². The van der Waals surface area contributed by atoms with Crippen LogP contribution in [0.2, 0.25) is 0 Å². The van der Waals surface area contributed by atoms with Crippen LogP contribution in [0.5, 0.6) is 0 Å². The van der Waals surface area contributed by atoms with Crippen molar-refractivity contribution in [3.8, 4) is 0 Å². The van der Waals surface area contributed by atoms with Gasteiger partial charge in [-0.1, -0.05) is 12.1 Å². The predicted octanol–water partition coefficient (Wildman–Crippen LogP) is 2.29. The van der Waals surface area contributed by atoms with Crippen LogP contribution in [0.4, 0.5) is 0 Å². The molecule has 1 unspecified atom stereocenters. The normalized spacial score (nSPS) is 12.4. The molecule has 2 heterocycles. The number of hydrogen-bond donors (Lipinski definition) is 1. The molecule has 0 saturated carbocycles. The Hall–Kier alpha value is -1.74. The largest absolute Gasteiger partial charge is 0.311 e. The zero-order chi connectivity index (χ0) is 12.1. The van der Waals surface area contributed by atoms with Gasteiger partial charge in [0.15, 0.2) is 0 Å². The Labute approximate surface area is 102 Å². The third-order valence-electron chi connectivity index (χ3n) is 2.75. The maximum atomic E-state index is 4.55. The Balaban J connectivity index is 2.17. The van der Waals surface area contributed by atoms with E-state index in [2.05, 4.69) is 21.4 Å². The van der Waals surface area contributed by atoms with E-state index < -0.39 is 0 Å². The summed E-state index contributed by atoms with van der Waals surface area (Å²) < 4.78 is 0. The van der Waals surface area contributed by atoms with Gasteiger partial charge >= 0.3 is 0 Å². The van der Waals surface area contributed by atoms with Gasteiger partial charge in [0.1, 0.15) is 0 Å². The lowest BCUT2D eigenvalue weighted by molar-refractivity contribution is 0.567. The molecule has 3 heteroatoms. The lowest BCUT2D eigenvalue weighted by atomic mass is 10.1. The smallest absolute Gasteiger partial charge is 0.0580 e. The van der Waals surface area contributed by atoms with Gasteiger partial charge in [0.25, 0.3) is 0 Å². The average molecular weight is 227 g/mol. The fourth-order valence-electron chi connectivity index (χ4n) is 1.84. The summed E-state index contributed by atoms with van der Waals surface area (Å²) in [6, 6.07) is 12.3. The summed E-state index contributed by atoms with van der Waals surface area (Å²) in [5.41, 5.74) is 3.19. The molecule has 0 amide bonds. The van der Waals surface area contributed by atoms with Crippen molar-refractivity contribution in [3.63, 3.8) is 0 Å². The summed E-state index contributed by atoms with van der Waals surface area (Å²) in [6.45, 7) is 2.01. The van der Waals surface area contributed by atoms with E-state index in [9.17, 15) is 0 Å². The number of aryl methyl sites for hydroxylation is 1. The van der Waals surface area contributed by atoms with E-state index in [-0.39, 0.29) is 6.04 Å². The van der Waals surface area contributed by atoms with Crippen LogP contribution in [-0.4, -0.2) is 17.0 Å². The maximum Gasteiger partial charge on any atom is 0.0580 e. The van der Waals surface area contributed by atoms with Crippen LogP contribution in [0.25, 0.3) is 0 Å². The minimum Gasteiger partial charge on any atom is -0.311 e. The van der Waals surface area contributed by atoms with Crippen molar-refractivity contribution in [1.82, 2.24) is 15.3 Å². The monoisotopic (exact) mass is 227 g/mol. The van der Waals surface area contributed by atoms with E-state index >= 15 is 0 Å². The van der Waals surface area contributed by atoms with E-state index in [0.29, 0.717) is 0 Å². The van der Waals surface area contributed by atoms with E-state index in [4.69, 9.17) is 0 Å². The molecule has 0 aliphatic heterocycles. The Bertz CT molecular complexity index is 468. The molecule has 0 saturated heterocycles.